The molecule has 1 aromatic heterocycles. The van der Waals surface area contributed by atoms with Gasteiger partial charge in [0.25, 0.3) is 5.91 Å². The van der Waals surface area contributed by atoms with Crippen LogP contribution in [0.15, 0.2) is 54.6 Å². The number of hydrogen-bond acceptors (Lipinski definition) is 2. The van der Waals surface area contributed by atoms with Crippen LogP contribution < -0.4 is 5.32 Å². The van der Waals surface area contributed by atoms with Crippen LogP contribution in [0.25, 0.3) is 22.4 Å². The van der Waals surface area contributed by atoms with Crippen LogP contribution in [0.4, 0.5) is 5.69 Å². The van der Waals surface area contributed by atoms with Crippen LogP contribution in [0.5, 0.6) is 0 Å². The monoisotopic (exact) mass is 429 g/mol. The second-order valence-electron chi connectivity index (χ2n) is 6.36. The number of aromatic nitrogens is 2. The van der Waals surface area contributed by atoms with E-state index in [1.54, 1.807) is 24.3 Å². The van der Waals surface area contributed by atoms with Crippen LogP contribution in [0.3, 0.4) is 0 Å². The Morgan fingerprint density at radius 2 is 1.79 bits per heavy atom. The zero-order chi connectivity index (χ0) is 19.8. The molecule has 3 aromatic carbocycles. The quantitative estimate of drug-likeness (QED) is 0.377. The number of aromatic amines is 1. The average Bonchev–Trinajstić information content (AvgIpc) is 3.08. The minimum atomic E-state index is -0.257. The maximum absolute atomic E-state index is 12.5. The molecular formula is C21H14Cl3N3O. The zero-order valence-corrected chi connectivity index (χ0v) is 17.0. The summed E-state index contributed by atoms with van der Waals surface area (Å²) < 4.78 is 0. The fourth-order valence-electron chi connectivity index (χ4n) is 2.90. The molecule has 0 aliphatic rings. The molecule has 0 saturated carbocycles. The molecule has 0 atom stereocenters. The number of anilines is 1. The van der Waals surface area contributed by atoms with Crippen LogP contribution >= 0.6 is 34.8 Å². The Balaban J connectivity index is 1.60. The van der Waals surface area contributed by atoms with Crippen molar-refractivity contribution in [3.8, 4) is 11.4 Å². The summed E-state index contributed by atoms with van der Waals surface area (Å²) in [5, 5.41) is 4.30. The van der Waals surface area contributed by atoms with Crippen LogP contribution in [-0.2, 0) is 0 Å². The van der Waals surface area contributed by atoms with E-state index in [1.165, 1.54) is 0 Å². The Labute approximate surface area is 176 Å². The van der Waals surface area contributed by atoms with Crippen molar-refractivity contribution in [3.05, 3.63) is 80.8 Å². The molecule has 7 heteroatoms. The maximum Gasteiger partial charge on any atom is 0.255 e. The third-order valence-electron chi connectivity index (χ3n) is 4.37. The van der Waals surface area contributed by atoms with E-state index >= 15 is 0 Å². The van der Waals surface area contributed by atoms with Crippen molar-refractivity contribution in [2.45, 2.75) is 6.92 Å². The number of halogens is 3. The van der Waals surface area contributed by atoms with Crippen LogP contribution in [0.1, 0.15) is 15.9 Å². The van der Waals surface area contributed by atoms with Crippen molar-refractivity contribution < 1.29 is 4.79 Å². The highest BCUT2D eigenvalue weighted by Crippen LogP contribution is 2.27. The number of hydrogen-bond donors (Lipinski definition) is 2. The number of nitrogens with one attached hydrogen (secondary N) is 2. The second kappa shape index (κ2) is 7.47. The number of carbonyl (C=O) groups is 1. The van der Waals surface area contributed by atoms with Gasteiger partial charge in [0.15, 0.2) is 0 Å². The highest BCUT2D eigenvalue weighted by molar-refractivity contribution is 6.42. The first-order chi connectivity index (χ1) is 13.4. The lowest BCUT2D eigenvalue weighted by Crippen LogP contribution is -2.12. The van der Waals surface area contributed by atoms with Gasteiger partial charge in [-0.2, -0.15) is 0 Å². The highest BCUT2D eigenvalue weighted by Gasteiger charge is 2.12. The average molecular weight is 431 g/mol. The predicted octanol–water partition coefficient (Wildman–Crippen LogP) is 6.75. The number of carbonyl (C=O) groups excluding carboxylic acids is 1. The predicted molar refractivity (Wildman–Crippen MR) is 116 cm³/mol. The SMILES string of the molecule is Cc1cc(-c2nc3ccc(Cl)cc3[nH]2)ccc1NC(=O)c1ccc(Cl)c(Cl)c1. The molecule has 0 bridgehead atoms. The van der Waals surface area contributed by atoms with Gasteiger partial charge in [-0.3, -0.25) is 4.79 Å². The molecule has 140 valence electrons. The number of fused-ring (bicyclic) bond motifs is 1. The Morgan fingerprint density at radius 1 is 0.964 bits per heavy atom. The Morgan fingerprint density at radius 3 is 2.54 bits per heavy atom. The van der Waals surface area contributed by atoms with E-state index in [9.17, 15) is 4.79 Å². The number of H-pyrrole nitrogens is 1. The fraction of sp³-hybridized carbons (Fsp3) is 0.0476. The summed E-state index contributed by atoms with van der Waals surface area (Å²) in [6.45, 7) is 1.92. The fourth-order valence-corrected chi connectivity index (χ4v) is 3.37. The van der Waals surface area contributed by atoms with E-state index in [4.69, 9.17) is 34.8 Å². The molecule has 2 N–H and O–H groups in total. The minimum absolute atomic E-state index is 0.257. The lowest BCUT2D eigenvalue weighted by atomic mass is 10.1. The summed E-state index contributed by atoms with van der Waals surface area (Å²) in [4.78, 5) is 20.4. The summed E-state index contributed by atoms with van der Waals surface area (Å²) in [6, 6.07) is 16.0. The Hall–Kier alpha value is -2.53. The number of benzene rings is 3. The van der Waals surface area contributed by atoms with Crippen molar-refractivity contribution in [1.82, 2.24) is 9.97 Å². The third-order valence-corrected chi connectivity index (χ3v) is 5.35. The van der Waals surface area contributed by atoms with Gasteiger partial charge in [-0.1, -0.05) is 34.8 Å². The van der Waals surface area contributed by atoms with Gasteiger partial charge in [-0.25, -0.2) is 4.98 Å². The molecular weight excluding hydrogens is 417 g/mol. The van der Waals surface area contributed by atoms with Gasteiger partial charge in [0.05, 0.1) is 21.1 Å². The van der Waals surface area contributed by atoms with Gasteiger partial charge in [-0.15, -0.1) is 0 Å². The lowest BCUT2D eigenvalue weighted by molar-refractivity contribution is 0.102. The maximum atomic E-state index is 12.5. The largest absolute Gasteiger partial charge is 0.338 e. The molecule has 4 rings (SSSR count). The van der Waals surface area contributed by atoms with Gasteiger partial charge in [0.2, 0.25) is 0 Å². The Kier molecular flexibility index (Phi) is 5.02. The molecule has 0 saturated heterocycles. The third kappa shape index (κ3) is 3.72. The lowest BCUT2D eigenvalue weighted by Gasteiger charge is -2.10. The summed E-state index contributed by atoms with van der Waals surface area (Å²) >= 11 is 17.9. The van der Waals surface area contributed by atoms with Crippen molar-refractivity contribution in [2.24, 2.45) is 0 Å². The molecule has 4 nitrogen and oxygen atoms in total. The number of aryl methyl sites for hydroxylation is 1. The molecule has 0 fully saturated rings. The van der Waals surface area contributed by atoms with Crippen molar-refractivity contribution in [2.75, 3.05) is 5.32 Å². The standard InChI is InChI=1S/C21H14Cl3N3O/c1-11-8-12(20-25-18-7-4-14(22)10-19(18)26-20)3-6-17(11)27-21(28)13-2-5-15(23)16(24)9-13/h2-10H,1H3,(H,25,26)(H,27,28). The molecule has 0 spiro atoms. The number of nitrogens with zero attached hydrogens (tertiary/aromatic N) is 1. The molecule has 4 aromatic rings. The van der Waals surface area contributed by atoms with Crippen LogP contribution in [0, 0.1) is 6.92 Å². The molecule has 0 aliphatic carbocycles. The van der Waals surface area contributed by atoms with Gasteiger partial charge in [-0.05, 0) is 67.1 Å². The van der Waals surface area contributed by atoms with E-state index in [1.807, 2.05) is 37.3 Å². The number of amides is 1. The van der Waals surface area contributed by atoms with E-state index in [0.29, 0.717) is 26.3 Å². The first kappa shape index (κ1) is 18.8. The van der Waals surface area contributed by atoms with Crippen LogP contribution in [0.2, 0.25) is 15.1 Å². The van der Waals surface area contributed by atoms with Crippen molar-refractivity contribution >= 4 is 57.4 Å². The topological polar surface area (TPSA) is 57.8 Å². The smallest absolute Gasteiger partial charge is 0.255 e. The summed E-state index contributed by atoms with van der Waals surface area (Å²) in [5.41, 5.74) is 4.68. The van der Waals surface area contributed by atoms with E-state index in [-0.39, 0.29) is 5.91 Å². The summed E-state index contributed by atoms with van der Waals surface area (Å²) in [5.74, 6) is 0.482. The van der Waals surface area contributed by atoms with Gasteiger partial charge in [0.1, 0.15) is 5.82 Å². The normalized spacial score (nSPS) is 11.0. The van der Waals surface area contributed by atoms with Crippen LogP contribution in [-0.4, -0.2) is 15.9 Å². The highest BCUT2D eigenvalue weighted by atomic mass is 35.5. The zero-order valence-electron chi connectivity index (χ0n) is 14.7. The first-order valence-electron chi connectivity index (χ1n) is 8.43. The summed E-state index contributed by atoms with van der Waals surface area (Å²) in [7, 11) is 0. The van der Waals surface area contributed by atoms with Crippen molar-refractivity contribution in [3.63, 3.8) is 0 Å². The summed E-state index contributed by atoms with van der Waals surface area (Å²) in [6.07, 6.45) is 0. The number of imidazole rings is 1. The molecule has 28 heavy (non-hydrogen) atoms. The van der Waals surface area contributed by atoms with E-state index in [0.717, 1.165) is 28.0 Å². The van der Waals surface area contributed by atoms with Gasteiger partial charge >= 0.3 is 0 Å². The minimum Gasteiger partial charge on any atom is -0.338 e. The molecule has 0 radical (unpaired) electrons. The van der Waals surface area contributed by atoms with Crippen molar-refractivity contribution in [1.29, 1.82) is 0 Å². The first-order valence-corrected chi connectivity index (χ1v) is 9.57. The molecule has 1 heterocycles. The Bertz CT molecular complexity index is 1220. The van der Waals surface area contributed by atoms with Gasteiger partial charge < -0.3 is 10.3 Å². The van der Waals surface area contributed by atoms with E-state index in [2.05, 4.69) is 15.3 Å². The number of rotatable bonds is 3. The molecule has 0 aliphatic heterocycles. The molecule has 0 unspecified atom stereocenters. The van der Waals surface area contributed by atoms with E-state index < -0.39 is 0 Å². The molecule has 1 amide bonds. The van der Waals surface area contributed by atoms with Gasteiger partial charge in [0, 0.05) is 21.8 Å². The second-order valence-corrected chi connectivity index (χ2v) is 7.61.